The predicted molar refractivity (Wildman–Crippen MR) is 112 cm³/mol. The van der Waals surface area contributed by atoms with E-state index in [1.165, 1.54) is 15.9 Å². The van der Waals surface area contributed by atoms with Crippen molar-refractivity contribution in [1.29, 1.82) is 0 Å². The number of thiazole rings is 1. The maximum atomic E-state index is 13.3. The first-order chi connectivity index (χ1) is 13.8. The standard InChI is InChI=1S/C20H18ClN5O2S/c1-10-16(18(22)27)17(13-6-4-5-7-14(13)21)26-19(28)15(29-20(26)24-10)8-12-9-23-25(3)11(12)2/h4-9,17H,1-3H3,(H2,22,27). The average molecular weight is 428 g/mol. The molecule has 7 nitrogen and oxygen atoms in total. The number of nitrogens with zero attached hydrogens (tertiary/aromatic N) is 4. The number of benzene rings is 1. The van der Waals surface area contributed by atoms with Crippen LogP contribution < -0.4 is 20.6 Å². The number of nitrogens with two attached hydrogens (primary N) is 1. The maximum Gasteiger partial charge on any atom is 0.271 e. The Bertz CT molecular complexity index is 1360. The first kappa shape index (κ1) is 19.4. The van der Waals surface area contributed by atoms with E-state index in [9.17, 15) is 9.59 Å². The van der Waals surface area contributed by atoms with Gasteiger partial charge in [-0.1, -0.05) is 41.1 Å². The van der Waals surface area contributed by atoms with Gasteiger partial charge in [-0.15, -0.1) is 0 Å². The number of hydrogen-bond acceptors (Lipinski definition) is 5. The molecule has 3 heterocycles. The van der Waals surface area contributed by atoms with Gasteiger partial charge in [-0.2, -0.15) is 5.10 Å². The number of halogens is 1. The highest BCUT2D eigenvalue weighted by Crippen LogP contribution is 2.33. The number of primary amides is 1. The molecule has 4 rings (SSSR count). The molecule has 1 unspecified atom stereocenters. The van der Waals surface area contributed by atoms with E-state index < -0.39 is 11.9 Å². The zero-order chi connectivity index (χ0) is 20.9. The third-order valence-electron chi connectivity index (χ3n) is 5.05. The van der Waals surface area contributed by atoms with Crippen LogP contribution in [0.1, 0.15) is 29.8 Å². The van der Waals surface area contributed by atoms with Crippen LogP contribution in [0, 0.1) is 6.92 Å². The zero-order valence-electron chi connectivity index (χ0n) is 16.0. The van der Waals surface area contributed by atoms with E-state index in [1.807, 2.05) is 20.0 Å². The number of aromatic nitrogens is 3. The van der Waals surface area contributed by atoms with Gasteiger partial charge in [-0.05, 0) is 31.6 Å². The molecule has 148 valence electrons. The lowest BCUT2D eigenvalue weighted by molar-refractivity contribution is -0.115. The lowest BCUT2D eigenvalue weighted by atomic mass is 9.95. The minimum atomic E-state index is -0.727. The van der Waals surface area contributed by atoms with Crippen LogP contribution in [0.2, 0.25) is 5.02 Å². The van der Waals surface area contributed by atoms with Crippen molar-refractivity contribution in [3.63, 3.8) is 0 Å². The van der Waals surface area contributed by atoms with Gasteiger partial charge in [0, 0.05) is 23.3 Å². The molecule has 9 heteroatoms. The van der Waals surface area contributed by atoms with Crippen molar-refractivity contribution < 1.29 is 4.79 Å². The van der Waals surface area contributed by atoms with Crippen LogP contribution in [0.15, 0.2) is 51.5 Å². The SMILES string of the molecule is CC1=C(C(N)=O)C(c2ccccc2Cl)n2c(sc(=Cc3cnn(C)c3C)c2=O)=N1. The molecule has 1 aliphatic heterocycles. The summed E-state index contributed by atoms with van der Waals surface area (Å²) in [7, 11) is 1.84. The van der Waals surface area contributed by atoms with Gasteiger partial charge >= 0.3 is 0 Å². The van der Waals surface area contributed by atoms with Crippen LogP contribution in [0.5, 0.6) is 0 Å². The van der Waals surface area contributed by atoms with E-state index in [2.05, 4.69) is 10.1 Å². The maximum absolute atomic E-state index is 13.3. The Labute approximate surface area is 175 Å². The Morgan fingerprint density at radius 2 is 2.03 bits per heavy atom. The summed E-state index contributed by atoms with van der Waals surface area (Å²) in [5.74, 6) is -0.631. The third kappa shape index (κ3) is 3.14. The second kappa shape index (κ2) is 7.13. The third-order valence-corrected chi connectivity index (χ3v) is 6.37. The quantitative estimate of drug-likeness (QED) is 0.684. The molecule has 1 aliphatic rings. The molecular weight excluding hydrogens is 410 g/mol. The largest absolute Gasteiger partial charge is 0.366 e. The van der Waals surface area contributed by atoms with Crippen LogP contribution in [0.4, 0.5) is 0 Å². The van der Waals surface area contributed by atoms with Gasteiger partial charge < -0.3 is 5.73 Å². The van der Waals surface area contributed by atoms with Crippen molar-refractivity contribution >= 4 is 34.9 Å². The molecular formula is C20H18ClN5O2S. The van der Waals surface area contributed by atoms with Gasteiger partial charge in [-0.3, -0.25) is 18.8 Å². The van der Waals surface area contributed by atoms with Crippen molar-refractivity contribution in [3.05, 3.63) is 83.3 Å². The molecule has 2 aromatic heterocycles. The fraction of sp³-hybridized carbons (Fsp3) is 0.200. The summed E-state index contributed by atoms with van der Waals surface area (Å²) >= 11 is 7.68. The summed E-state index contributed by atoms with van der Waals surface area (Å²) in [5.41, 5.74) is 8.56. The van der Waals surface area contributed by atoms with Gasteiger partial charge in [-0.25, -0.2) is 4.99 Å². The Morgan fingerprint density at radius 1 is 1.31 bits per heavy atom. The molecule has 0 saturated heterocycles. The topological polar surface area (TPSA) is 95.3 Å². The zero-order valence-corrected chi connectivity index (χ0v) is 17.6. The molecule has 0 saturated carbocycles. The number of allylic oxidation sites excluding steroid dienone is 1. The highest BCUT2D eigenvalue weighted by molar-refractivity contribution is 7.07. The predicted octanol–water partition coefficient (Wildman–Crippen LogP) is 1.42. The number of amides is 1. The second-order valence-electron chi connectivity index (χ2n) is 6.78. The summed E-state index contributed by atoms with van der Waals surface area (Å²) in [6, 6.07) is 6.39. The Morgan fingerprint density at radius 3 is 2.66 bits per heavy atom. The number of fused-ring (bicyclic) bond motifs is 1. The monoisotopic (exact) mass is 427 g/mol. The van der Waals surface area contributed by atoms with Crippen molar-refractivity contribution in [2.24, 2.45) is 17.8 Å². The van der Waals surface area contributed by atoms with Crippen LogP contribution in [0.25, 0.3) is 6.08 Å². The number of hydrogen-bond donors (Lipinski definition) is 1. The van der Waals surface area contributed by atoms with Crippen molar-refractivity contribution in [2.45, 2.75) is 19.9 Å². The van der Waals surface area contributed by atoms with Crippen LogP contribution in [-0.2, 0) is 11.8 Å². The first-order valence-electron chi connectivity index (χ1n) is 8.85. The highest BCUT2D eigenvalue weighted by Gasteiger charge is 2.32. The van der Waals surface area contributed by atoms with E-state index in [0.717, 1.165) is 11.3 Å². The minimum Gasteiger partial charge on any atom is -0.366 e. The summed E-state index contributed by atoms with van der Waals surface area (Å²) in [5, 5.41) is 4.66. The lowest BCUT2D eigenvalue weighted by Crippen LogP contribution is -2.40. The summed E-state index contributed by atoms with van der Waals surface area (Å²) in [6.07, 6.45) is 3.50. The van der Waals surface area contributed by atoms with E-state index in [4.69, 9.17) is 17.3 Å². The molecule has 1 amide bonds. The van der Waals surface area contributed by atoms with Gasteiger partial charge in [0.1, 0.15) is 0 Å². The Hall–Kier alpha value is -2.97. The Balaban J connectivity index is 2.03. The van der Waals surface area contributed by atoms with Crippen molar-refractivity contribution in [2.75, 3.05) is 0 Å². The van der Waals surface area contributed by atoms with Gasteiger partial charge in [0.25, 0.3) is 5.56 Å². The van der Waals surface area contributed by atoms with E-state index in [-0.39, 0.29) is 11.1 Å². The minimum absolute atomic E-state index is 0.256. The van der Waals surface area contributed by atoms with Gasteiger partial charge in [0.15, 0.2) is 4.80 Å². The summed E-state index contributed by atoms with van der Waals surface area (Å²) < 4.78 is 3.73. The molecule has 0 radical (unpaired) electrons. The Kier molecular flexibility index (Phi) is 4.76. The van der Waals surface area contributed by atoms with Gasteiger partial charge in [0.05, 0.1) is 28.0 Å². The van der Waals surface area contributed by atoms with Crippen LogP contribution in [-0.4, -0.2) is 20.3 Å². The van der Waals surface area contributed by atoms with Crippen LogP contribution >= 0.6 is 22.9 Å². The van der Waals surface area contributed by atoms with Crippen molar-refractivity contribution in [1.82, 2.24) is 14.3 Å². The summed E-state index contributed by atoms with van der Waals surface area (Å²) in [4.78, 5) is 30.6. The van der Waals surface area contributed by atoms with Gasteiger partial charge in [0.2, 0.25) is 5.91 Å². The number of rotatable bonds is 3. The molecule has 0 bridgehead atoms. The molecule has 1 atom stereocenters. The molecule has 29 heavy (non-hydrogen) atoms. The highest BCUT2D eigenvalue weighted by atomic mass is 35.5. The van der Waals surface area contributed by atoms with Crippen molar-refractivity contribution in [3.8, 4) is 0 Å². The first-order valence-corrected chi connectivity index (χ1v) is 10.0. The van der Waals surface area contributed by atoms with E-state index in [1.54, 1.807) is 42.1 Å². The average Bonchev–Trinajstić information content (AvgIpc) is 3.15. The molecule has 1 aromatic carbocycles. The number of aryl methyl sites for hydroxylation is 1. The molecule has 2 N–H and O–H groups in total. The fourth-order valence-electron chi connectivity index (χ4n) is 3.43. The molecule has 0 fully saturated rings. The van der Waals surface area contributed by atoms with E-state index in [0.29, 0.717) is 25.6 Å². The molecule has 0 aliphatic carbocycles. The fourth-order valence-corrected chi connectivity index (χ4v) is 4.70. The number of carbonyl (C=O) groups excluding carboxylic acids is 1. The number of carbonyl (C=O) groups is 1. The molecule has 0 spiro atoms. The normalized spacial score (nSPS) is 16.7. The smallest absolute Gasteiger partial charge is 0.271 e. The molecule has 3 aromatic rings. The second-order valence-corrected chi connectivity index (χ2v) is 8.19. The summed E-state index contributed by atoms with van der Waals surface area (Å²) in [6.45, 7) is 3.64. The lowest BCUT2D eigenvalue weighted by Gasteiger charge is -2.24. The van der Waals surface area contributed by atoms with E-state index >= 15 is 0 Å². The van der Waals surface area contributed by atoms with Crippen LogP contribution in [0.3, 0.4) is 0 Å².